The van der Waals surface area contributed by atoms with Crippen LogP contribution in [0.1, 0.15) is 37.6 Å². The monoisotopic (exact) mass is 439 g/mol. The van der Waals surface area contributed by atoms with Crippen LogP contribution in [-0.4, -0.2) is 14.6 Å². The van der Waals surface area contributed by atoms with E-state index in [0.717, 1.165) is 51.5 Å². The topological polar surface area (TPSA) is 47.3 Å². The van der Waals surface area contributed by atoms with Crippen molar-refractivity contribution in [1.29, 1.82) is 0 Å². The van der Waals surface area contributed by atoms with Crippen molar-refractivity contribution >= 4 is 38.0 Å². The predicted molar refractivity (Wildman–Crippen MR) is 133 cm³/mol. The molecular formula is C27H25N3OS. The minimum Gasteiger partial charge on any atom is -0.267 e. The molecule has 3 heterocycles. The Morgan fingerprint density at radius 3 is 2.47 bits per heavy atom. The van der Waals surface area contributed by atoms with Crippen LogP contribution in [0.3, 0.4) is 0 Å². The summed E-state index contributed by atoms with van der Waals surface area (Å²) in [6, 6.07) is 18.2. The maximum atomic E-state index is 13.8. The van der Waals surface area contributed by atoms with Crippen molar-refractivity contribution in [2.45, 2.75) is 40.0 Å². The summed E-state index contributed by atoms with van der Waals surface area (Å²) in [5.74, 6) is 0.629. The number of aryl methyl sites for hydroxylation is 1. The number of aromatic nitrogens is 3. The molecule has 3 aromatic heterocycles. The van der Waals surface area contributed by atoms with E-state index in [4.69, 9.17) is 10.1 Å². The molecule has 1 aliphatic rings. The predicted octanol–water partition coefficient (Wildman–Crippen LogP) is 6.28. The van der Waals surface area contributed by atoms with Crippen molar-refractivity contribution in [3.8, 4) is 11.3 Å². The van der Waals surface area contributed by atoms with Gasteiger partial charge in [-0.25, -0.2) is 4.98 Å². The van der Waals surface area contributed by atoms with Crippen molar-refractivity contribution in [3.05, 3.63) is 75.4 Å². The van der Waals surface area contributed by atoms with Gasteiger partial charge in [-0.15, -0.1) is 11.3 Å². The number of benzene rings is 2. The summed E-state index contributed by atoms with van der Waals surface area (Å²) in [5.41, 5.74) is 3.88. The lowest BCUT2D eigenvalue weighted by atomic mass is 9.72. The Balaban J connectivity index is 1.67. The Bertz CT molecular complexity index is 1560. The summed E-state index contributed by atoms with van der Waals surface area (Å²) in [5, 5.41) is 7.60. The molecule has 1 aliphatic carbocycles. The highest BCUT2D eigenvalue weighted by Gasteiger charge is 2.32. The van der Waals surface area contributed by atoms with Crippen molar-refractivity contribution < 1.29 is 0 Å². The van der Waals surface area contributed by atoms with Crippen molar-refractivity contribution in [1.82, 2.24) is 14.6 Å². The minimum atomic E-state index is -0.0420. The van der Waals surface area contributed by atoms with Crippen molar-refractivity contribution in [2.24, 2.45) is 11.3 Å². The van der Waals surface area contributed by atoms with Crippen LogP contribution in [-0.2, 0) is 12.8 Å². The lowest BCUT2D eigenvalue weighted by Gasteiger charge is -2.33. The molecule has 0 N–H and O–H groups in total. The molecule has 1 atom stereocenters. The van der Waals surface area contributed by atoms with Crippen LogP contribution in [0.5, 0.6) is 0 Å². The highest BCUT2D eigenvalue weighted by atomic mass is 32.1. The quantitative estimate of drug-likeness (QED) is 0.289. The molecule has 0 aliphatic heterocycles. The van der Waals surface area contributed by atoms with Crippen LogP contribution in [0.4, 0.5) is 0 Å². The molecule has 0 saturated heterocycles. The second-order valence-electron chi connectivity index (χ2n) is 9.90. The number of rotatable bonds is 1. The zero-order valence-corrected chi connectivity index (χ0v) is 19.4. The van der Waals surface area contributed by atoms with Crippen molar-refractivity contribution in [2.75, 3.05) is 0 Å². The number of hydrogen-bond donors (Lipinski definition) is 0. The average molecular weight is 440 g/mol. The number of nitrogens with zero attached hydrogens (tertiary/aromatic N) is 3. The molecule has 0 amide bonds. The molecule has 0 radical (unpaired) electrons. The van der Waals surface area contributed by atoms with Crippen LogP contribution >= 0.6 is 11.3 Å². The first-order chi connectivity index (χ1) is 15.4. The highest BCUT2D eigenvalue weighted by molar-refractivity contribution is 7.18. The van der Waals surface area contributed by atoms with Gasteiger partial charge in [0, 0.05) is 21.2 Å². The largest absolute Gasteiger partial charge is 0.283 e. The van der Waals surface area contributed by atoms with Gasteiger partial charge in [-0.05, 0) is 36.2 Å². The SMILES string of the molecule is CC(C)(C)[C@@H]1CCc2c(sc3nc4c5ccccc5c(-c5ccccc5)nn4c(=O)c23)C1. The smallest absolute Gasteiger partial charge is 0.267 e. The van der Waals surface area contributed by atoms with Gasteiger partial charge in [-0.2, -0.15) is 9.61 Å². The van der Waals surface area contributed by atoms with E-state index in [1.165, 1.54) is 15.0 Å². The lowest BCUT2D eigenvalue weighted by Crippen LogP contribution is -2.26. The Morgan fingerprint density at radius 2 is 1.72 bits per heavy atom. The van der Waals surface area contributed by atoms with E-state index in [-0.39, 0.29) is 11.0 Å². The number of fused-ring (bicyclic) bond motifs is 6. The zero-order chi connectivity index (χ0) is 22.0. The summed E-state index contributed by atoms with van der Waals surface area (Å²) in [7, 11) is 0. The summed E-state index contributed by atoms with van der Waals surface area (Å²) in [6.07, 6.45) is 3.09. The van der Waals surface area contributed by atoms with Gasteiger partial charge < -0.3 is 0 Å². The van der Waals surface area contributed by atoms with E-state index >= 15 is 0 Å². The molecule has 0 fully saturated rings. The molecule has 0 saturated carbocycles. The Labute approximate surface area is 190 Å². The maximum Gasteiger partial charge on any atom is 0.283 e. The second kappa shape index (κ2) is 6.97. The minimum absolute atomic E-state index is 0.0420. The van der Waals surface area contributed by atoms with Gasteiger partial charge in [0.2, 0.25) is 0 Å². The lowest BCUT2D eigenvalue weighted by molar-refractivity contribution is 0.218. The van der Waals surface area contributed by atoms with Gasteiger partial charge in [0.15, 0.2) is 5.65 Å². The van der Waals surface area contributed by atoms with Crippen LogP contribution < -0.4 is 5.56 Å². The van der Waals surface area contributed by atoms with Crippen LogP contribution in [0.2, 0.25) is 0 Å². The Hall–Kier alpha value is -3.05. The maximum absolute atomic E-state index is 13.8. The zero-order valence-electron chi connectivity index (χ0n) is 18.6. The van der Waals surface area contributed by atoms with Gasteiger partial charge in [0.1, 0.15) is 4.83 Å². The third-order valence-electron chi connectivity index (χ3n) is 6.96. The summed E-state index contributed by atoms with van der Waals surface area (Å²) < 4.78 is 1.54. The number of thiophene rings is 1. The molecule has 4 nitrogen and oxygen atoms in total. The fourth-order valence-corrected chi connectivity index (χ4v) is 6.36. The summed E-state index contributed by atoms with van der Waals surface area (Å²) in [6.45, 7) is 6.95. The fourth-order valence-electron chi connectivity index (χ4n) is 5.07. The van der Waals surface area contributed by atoms with E-state index in [2.05, 4.69) is 26.8 Å². The van der Waals surface area contributed by atoms with Crippen LogP contribution in [0, 0.1) is 11.3 Å². The average Bonchev–Trinajstić information content (AvgIpc) is 3.17. The van der Waals surface area contributed by atoms with E-state index in [1.54, 1.807) is 11.3 Å². The first kappa shape index (κ1) is 19.6. The third-order valence-corrected chi connectivity index (χ3v) is 8.10. The first-order valence-electron chi connectivity index (χ1n) is 11.2. The molecule has 32 heavy (non-hydrogen) atoms. The molecular weight excluding hydrogens is 414 g/mol. The van der Waals surface area contributed by atoms with Gasteiger partial charge in [0.05, 0.1) is 11.1 Å². The molecule has 0 unspecified atom stereocenters. The summed E-state index contributed by atoms with van der Waals surface area (Å²) in [4.78, 5) is 21.0. The highest BCUT2D eigenvalue weighted by Crippen LogP contribution is 2.42. The first-order valence-corrected chi connectivity index (χ1v) is 12.0. The molecule has 0 spiro atoms. The van der Waals surface area contributed by atoms with Crippen LogP contribution in [0.25, 0.3) is 37.9 Å². The van der Waals surface area contributed by atoms with Gasteiger partial charge in [0.25, 0.3) is 5.56 Å². The standard InChI is InChI=1S/C27H25N3OS/c1-27(2,3)17-13-14-20-21(15-17)32-25-22(20)26(31)30-24(28-25)19-12-8-7-11-18(19)23(29-30)16-9-5-4-6-10-16/h4-12,17H,13-15H2,1-3H3/t17-/m1/s1. The number of hydrogen-bond acceptors (Lipinski definition) is 4. The molecule has 0 bridgehead atoms. The van der Waals surface area contributed by atoms with E-state index in [0.29, 0.717) is 11.6 Å². The molecule has 2 aromatic carbocycles. The summed E-state index contributed by atoms with van der Waals surface area (Å²) >= 11 is 1.71. The van der Waals surface area contributed by atoms with E-state index in [9.17, 15) is 4.79 Å². The molecule has 5 aromatic rings. The molecule has 5 heteroatoms. The van der Waals surface area contributed by atoms with Gasteiger partial charge in [-0.1, -0.05) is 75.4 Å². The normalized spacial score (nSPS) is 16.7. The Morgan fingerprint density at radius 1 is 1.00 bits per heavy atom. The van der Waals surface area contributed by atoms with Crippen molar-refractivity contribution in [3.63, 3.8) is 0 Å². The van der Waals surface area contributed by atoms with Gasteiger partial charge in [-0.3, -0.25) is 4.79 Å². The molecule has 6 rings (SSSR count). The third kappa shape index (κ3) is 2.91. The van der Waals surface area contributed by atoms with Crippen LogP contribution in [0.15, 0.2) is 59.4 Å². The second-order valence-corrected chi connectivity index (χ2v) is 11.0. The Kier molecular flexibility index (Phi) is 4.28. The molecule has 160 valence electrons. The van der Waals surface area contributed by atoms with E-state index in [1.807, 2.05) is 48.5 Å². The van der Waals surface area contributed by atoms with Gasteiger partial charge >= 0.3 is 0 Å². The fraction of sp³-hybridized carbons (Fsp3) is 0.296. The van der Waals surface area contributed by atoms with E-state index < -0.39 is 0 Å².